The Morgan fingerprint density at radius 2 is 1.90 bits per heavy atom. The SMILES string of the molecule is COc1cccc(OC)c1C(N)C1CCCc2sccc21. The maximum Gasteiger partial charge on any atom is 0.127 e. The molecule has 0 saturated heterocycles. The fraction of sp³-hybridized carbons (Fsp3) is 0.412. The molecule has 0 radical (unpaired) electrons. The maximum absolute atomic E-state index is 6.64. The molecule has 0 spiro atoms. The standard InChI is InChI=1S/C17H21NO2S/c1-19-13-6-4-7-14(20-2)16(13)17(18)12-5-3-8-15-11(12)9-10-21-15/h4,6-7,9-10,12,17H,3,5,8,18H2,1-2H3. The van der Waals surface area contributed by atoms with Crippen LogP contribution in [-0.2, 0) is 6.42 Å². The lowest BCUT2D eigenvalue weighted by atomic mass is 9.80. The van der Waals surface area contributed by atoms with Crippen LogP contribution in [0.3, 0.4) is 0 Å². The van der Waals surface area contributed by atoms with Gasteiger partial charge in [-0.15, -0.1) is 11.3 Å². The third kappa shape index (κ3) is 2.54. The van der Waals surface area contributed by atoms with Gasteiger partial charge in [0, 0.05) is 16.8 Å². The largest absolute Gasteiger partial charge is 0.496 e. The Bertz CT molecular complexity index is 601. The van der Waals surface area contributed by atoms with Crippen LogP contribution in [0.5, 0.6) is 11.5 Å². The monoisotopic (exact) mass is 303 g/mol. The van der Waals surface area contributed by atoms with Gasteiger partial charge in [0.2, 0.25) is 0 Å². The van der Waals surface area contributed by atoms with E-state index in [9.17, 15) is 0 Å². The van der Waals surface area contributed by atoms with Crippen molar-refractivity contribution >= 4 is 11.3 Å². The van der Waals surface area contributed by atoms with Crippen molar-refractivity contribution in [1.82, 2.24) is 0 Å². The van der Waals surface area contributed by atoms with Gasteiger partial charge in [-0.05, 0) is 48.4 Å². The highest BCUT2D eigenvalue weighted by molar-refractivity contribution is 7.10. The first-order valence-corrected chi connectivity index (χ1v) is 8.17. The maximum atomic E-state index is 6.64. The summed E-state index contributed by atoms with van der Waals surface area (Å²) >= 11 is 1.84. The van der Waals surface area contributed by atoms with Crippen LogP contribution in [0, 0.1) is 0 Å². The molecular weight excluding hydrogens is 282 g/mol. The second-order valence-corrected chi connectivity index (χ2v) is 6.40. The van der Waals surface area contributed by atoms with E-state index in [-0.39, 0.29) is 6.04 Å². The van der Waals surface area contributed by atoms with Crippen LogP contribution >= 0.6 is 11.3 Å². The molecule has 0 aliphatic heterocycles. The average Bonchev–Trinajstić information content (AvgIpc) is 3.01. The highest BCUT2D eigenvalue weighted by atomic mass is 32.1. The Morgan fingerprint density at radius 1 is 1.19 bits per heavy atom. The predicted octanol–water partition coefficient (Wildman–Crippen LogP) is 3.89. The molecule has 2 atom stereocenters. The summed E-state index contributed by atoms with van der Waals surface area (Å²) in [6, 6.07) is 7.96. The van der Waals surface area contributed by atoms with Gasteiger partial charge in [-0.25, -0.2) is 0 Å². The molecule has 2 aromatic rings. The molecule has 3 rings (SSSR count). The highest BCUT2D eigenvalue weighted by Gasteiger charge is 2.30. The zero-order valence-electron chi connectivity index (χ0n) is 12.5. The molecule has 4 heteroatoms. The number of hydrogen-bond donors (Lipinski definition) is 1. The predicted molar refractivity (Wildman–Crippen MR) is 86.5 cm³/mol. The van der Waals surface area contributed by atoms with E-state index in [0.29, 0.717) is 5.92 Å². The van der Waals surface area contributed by atoms with E-state index in [0.717, 1.165) is 23.5 Å². The normalized spacial score (nSPS) is 18.9. The molecule has 112 valence electrons. The van der Waals surface area contributed by atoms with Crippen LogP contribution in [0.15, 0.2) is 29.6 Å². The molecule has 1 aromatic heterocycles. The topological polar surface area (TPSA) is 44.5 Å². The second kappa shape index (κ2) is 6.08. The third-order valence-corrected chi connectivity index (χ3v) is 5.33. The number of thiophene rings is 1. The Kier molecular flexibility index (Phi) is 4.17. The summed E-state index contributed by atoms with van der Waals surface area (Å²) in [6.07, 6.45) is 3.49. The Morgan fingerprint density at radius 3 is 2.57 bits per heavy atom. The number of benzene rings is 1. The van der Waals surface area contributed by atoms with Gasteiger partial charge in [0.25, 0.3) is 0 Å². The van der Waals surface area contributed by atoms with Gasteiger partial charge in [0.1, 0.15) is 11.5 Å². The van der Waals surface area contributed by atoms with Crippen molar-refractivity contribution in [2.45, 2.75) is 31.2 Å². The van der Waals surface area contributed by atoms with Crippen LogP contribution in [0.1, 0.15) is 40.8 Å². The van der Waals surface area contributed by atoms with Crippen molar-refractivity contribution in [1.29, 1.82) is 0 Å². The third-order valence-electron chi connectivity index (χ3n) is 4.33. The molecule has 2 unspecified atom stereocenters. The molecule has 0 bridgehead atoms. The van der Waals surface area contributed by atoms with Gasteiger partial charge in [-0.1, -0.05) is 6.07 Å². The number of rotatable bonds is 4. The van der Waals surface area contributed by atoms with Crippen LogP contribution in [0.25, 0.3) is 0 Å². The van der Waals surface area contributed by atoms with Crippen molar-refractivity contribution < 1.29 is 9.47 Å². The zero-order valence-corrected chi connectivity index (χ0v) is 13.3. The van der Waals surface area contributed by atoms with Gasteiger partial charge < -0.3 is 15.2 Å². The fourth-order valence-corrected chi connectivity index (χ4v) is 4.30. The van der Waals surface area contributed by atoms with Crippen LogP contribution < -0.4 is 15.2 Å². The summed E-state index contributed by atoms with van der Waals surface area (Å²) < 4.78 is 11.0. The Labute approximate surface area is 129 Å². The van der Waals surface area contributed by atoms with Crippen molar-refractivity contribution in [2.24, 2.45) is 5.73 Å². The number of hydrogen-bond acceptors (Lipinski definition) is 4. The van der Waals surface area contributed by atoms with Crippen molar-refractivity contribution in [3.05, 3.63) is 45.6 Å². The quantitative estimate of drug-likeness (QED) is 0.932. The molecule has 1 heterocycles. The lowest BCUT2D eigenvalue weighted by molar-refractivity contribution is 0.367. The zero-order chi connectivity index (χ0) is 14.8. The first-order valence-electron chi connectivity index (χ1n) is 7.29. The van der Waals surface area contributed by atoms with E-state index in [2.05, 4.69) is 11.4 Å². The smallest absolute Gasteiger partial charge is 0.127 e. The summed E-state index contributed by atoms with van der Waals surface area (Å²) in [7, 11) is 3.36. The van der Waals surface area contributed by atoms with Crippen molar-refractivity contribution in [3.63, 3.8) is 0 Å². The molecule has 1 aliphatic rings. The number of nitrogens with two attached hydrogens (primary N) is 1. The molecule has 0 fully saturated rings. The Hall–Kier alpha value is -1.52. The molecular formula is C17H21NO2S. The van der Waals surface area contributed by atoms with Gasteiger partial charge in [0.05, 0.1) is 19.8 Å². The molecule has 1 aromatic carbocycles. The molecule has 1 aliphatic carbocycles. The fourth-order valence-electron chi connectivity index (χ4n) is 3.30. The summed E-state index contributed by atoms with van der Waals surface area (Å²) in [5.41, 5.74) is 9.03. The van der Waals surface area contributed by atoms with Crippen molar-refractivity contribution in [2.75, 3.05) is 14.2 Å². The van der Waals surface area contributed by atoms with Crippen LogP contribution in [0.4, 0.5) is 0 Å². The minimum absolute atomic E-state index is 0.107. The van der Waals surface area contributed by atoms with E-state index in [1.807, 2.05) is 29.5 Å². The number of ether oxygens (including phenoxy) is 2. The van der Waals surface area contributed by atoms with Gasteiger partial charge in [-0.3, -0.25) is 0 Å². The molecule has 2 N–H and O–H groups in total. The van der Waals surface area contributed by atoms with E-state index < -0.39 is 0 Å². The summed E-state index contributed by atoms with van der Waals surface area (Å²) in [4.78, 5) is 1.48. The number of fused-ring (bicyclic) bond motifs is 1. The number of methoxy groups -OCH3 is 2. The minimum atomic E-state index is -0.107. The van der Waals surface area contributed by atoms with E-state index in [1.54, 1.807) is 14.2 Å². The van der Waals surface area contributed by atoms with Gasteiger partial charge in [-0.2, -0.15) is 0 Å². The lowest BCUT2D eigenvalue weighted by Crippen LogP contribution is -2.23. The molecule has 0 amide bonds. The lowest BCUT2D eigenvalue weighted by Gasteiger charge is -2.30. The molecule has 3 nitrogen and oxygen atoms in total. The molecule has 21 heavy (non-hydrogen) atoms. The van der Waals surface area contributed by atoms with E-state index in [4.69, 9.17) is 15.2 Å². The van der Waals surface area contributed by atoms with E-state index >= 15 is 0 Å². The first kappa shape index (κ1) is 14.4. The minimum Gasteiger partial charge on any atom is -0.496 e. The van der Waals surface area contributed by atoms with E-state index in [1.165, 1.54) is 23.3 Å². The second-order valence-electron chi connectivity index (χ2n) is 5.40. The van der Waals surface area contributed by atoms with Gasteiger partial charge >= 0.3 is 0 Å². The van der Waals surface area contributed by atoms with Crippen molar-refractivity contribution in [3.8, 4) is 11.5 Å². The van der Waals surface area contributed by atoms with Gasteiger partial charge in [0.15, 0.2) is 0 Å². The summed E-state index contributed by atoms with van der Waals surface area (Å²) in [5, 5.41) is 2.18. The average molecular weight is 303 g/mol. The van der Waals surface area contributed by atoms with Crippen LogP contribution in [0.2, 0.25) is 0 Å². The summed E-state index contributed by atoms with van der Waals surface area (Å²) in [5.74, 6) is 1.96. The Balaban J connectivity index is 2.02. The first-order chi connectivity index (χ1) is 10.3. The highest BCUT2D eigenvalue weighted by Crippen LogP contribution is 2.45. The molecule has 0 saturated carbocycles. The number of aryl methyl sites for hydroxylation is 1. The summed E-state index contributed by atoms with van der Waals surface area (Å²) in [6.45, 7) is 0. The van der Waals surface area contributed by atoms with Crippen LogP contribution in [-0.4, -0.2) is 14.2 Å².